The molecule has 3 rings (SSSR count). The highest BCUT2D eigenvalue weighted by Crippen LogP contribution is 2.24. The first kappa shape index (κ1) is 20.0. The molecule has 0 aliphatic carbocycles. The maximum absolute atomic E-state index is 13.1. The second-order valence-electron chi connectivity index (χ2n) is 6.81. The van der Waals surface area contributed by atoms with E-state index in [-0.39, 0.29) is 36.1 Å². The third-order valence-corrected chi connectivity index (χ3v) is 8.49. The van der Waals surface area contributed by atoms with E-state index in [1.165, 1.54) is 21.1 Å². The minimum Gasteiger partial charge on any atom is -0.339 e. The highest BCUT2D eigenvalue weighted by atomic mass is 32.2. The molecule has 0 bridgehead atoms. The maximum Gasteiger partial charge on any atom is 0.262 e. The SMILES string of the molecule is Cc1ccc(C)c(S(=O)(=O)N2CCCN(S(=O)(=O)c3cn(C)cn3)CC2)c1. The summed E-state index contributed by atoms with van der Waals surface area (Å²) in [6.45, 7) is 4.37. The highest BCUT2D eigenvalue weighted by molar-refractivity contribution is 7.89. The monoisotopic (exact) mass is 412 g/mol. The van der Waals surface area contributed by atoms with Crippen molar-refractivity contribution >= 4 is 20.0 Å². The summed E-state index contributed by atoms with van der Waals surface area (Å²) in [7, 11) is -5.71. The van der Waals surface area contributed by atoms with E-state index in [0.717, 1.165) is 5.56 Å². The van der Waals surface area contributed by atoms with E-state index >= 15 is 0 Å². The smallest absolute Gasteiger partial charge is 0.262 e. The molecule has 0 atom stereocenters. The van der Waals surface area contributed by atoms with Crippen LogP contribution >= 0.6 is 0 Å². The van der Waals surface area contributed by atoms with Crippen LogP contribution < -0.4 is 0 Å². The van der Waals surface area contributed by atoms with E-state index < -0.39 is 20.0 Å². The quantitative estimate of drug-likeness (QED) is 0.750. The molecule has 0 unspecified atom stereocenters. The van der Waals surface area contributed by atoms with Gasteiger partial charge >= 0.3 is 0 Å². The van der Waals surface area contributed by atoms with Crippen molar-refractivity contribution in [3.05, 3.63) is 41.9 Å². The molecule has 1 aliphatic rings. The Bertz CT molecular complexity index is 1040. The van der Waals surface area contributed by atoms with Crippen LogP contribution in [0.5, 0.6) is 0 Å². The van der Waals surface area contributed by atoms with Crippen LogP contribution in [0, 0.1) is 13.8 Å². The van der Waals surface area contributed by atoms with Crippen LogP contribution in [0.15, 0.2) is 40.6 Å². The fraction of sp³-hybridized carbons (Fsp3) is 0.471. The average Bonchev–Trinajstić information content (AvgIpc) is 2.89. The summed E-state index contributed by atoms with van der Waals surface area (Å²) >= 11 is 0. The van der Waals surface area contributed by atoms with E-state index in [9.17, 15) is 16.8 Å². The van der Waals surface area contributed by atoms with E-state index in [1.54, 1.807) is 30.7 Å². The fourth-order valence-electron chi connectivity index (χ4n) is 3.13. The lowest BCUT2D eigenvalue weighted by Gasteiger charge is -2.22. The molecule has 0 saturated carbocycles. The van der Waals surface area contributed by atoms with E-state index in [4.69, 9.17) is 0 Å². The van der Waals surface area contributed by atoms with Crippen molar-refractivity contribution in [2.75, 3.05) is 26.2 Å². The molecule has 8 nitrogen and oxygen atoms in total. The Labute approximate surface area is 160 Å². The Morgan fingerprint density at radius 3 is 2.15 bits per heavy atom. The van der Waals surface area contributed by atoms with Gasteiger partial charge in [-0.2, -0.15) is 8.61 Å². The second kappa shape index (κ2) is 7.34. The summed E-state index contributed by atoms with van der Waals surface area (Å²) in [5.74, 6) is 0. The molecular formula is C17H24N4O4S2. The molecule has 0 radical (unpaired) electrons. The van der Waals surface area contributed by atoms with Crippen molar-refractivity contribution in [3.8, 4) is 0 Å². The van der Waals surface area contributed by atoms with Crippen LogP contribution in [-0.4, -0.2) is 61.2 Å². The van der Waals surface area contributed by atoms with Crippen LogP contribution in [0.4, 0.5) is 0 Å². The normalized spacial score (nSPS) is 17.7. The van der Waals surface area contributed by atoms with Gasteiger partial charge in [0.25, 0.3) is 10.0 Å². The molecule has 10 heteroatoms. The van der Waals surface area contributed by atoms with Crippen molar-refractivity contribution in [1.82, 2.24) is 18.2 Å². The molecule has 0 spiro atoms. The Morgan fingerprint density at radius 2 is 1.56 bits per heavy atom. The third kappa shape index (κ3) is 3.93. The zero-order chi connectivity index (χ0) is 19.8. The van der Waals surface area contributed by atoms with Gasteiger partial charge in [-0.05, 0) is 37.5 Å². The number of rotatable bonds is 4. The van der Waals surface area contributed by atoms with Gasteiger partial charge in [-0.3, -0.25) is 0 Å². The Kier molecular flexibility index (Phi) is 5.44. The predicted molar refractivity (Wildman–Crippen MR) is 101 cm³/mol. The first-order chi connectivity index (χ1) is 12.6. The lowest BCUT2D eigenvalue weighted by molar-refractivity contribution is 0.403. The van der Waals surface area contributed by atoms with Crippen LogP contribution in [0.25, 0.3) is 0 Å². The first-order valence-corrected chi connectivity index (χ1v) is 11.6. The Hall–Kier alpha value is -1.75. The molecule has 1 aliphatic heterocycles. The predicted octanol–water partition coefficient (Wildman–Crippen LogP) is 1.12. The molecule has 1 aromatic carbocycles. The molecule has 27 heavy (non-hydrogen) atoms. The molecule has 2 heterocycles. The highest BCUT2D eigenvalue weighted by Gasteiger charge is 2.33. The second-order valence-corrected chi connectivity index (χ2v) is 10.6. The Morgan fingerprint density at radius 1 is 0.926 bits per heavy atom. The molecule has 0 amide bonds. The summed E-state index contributed by atoms with van der Waals surface area (Å²) in [6, 6.07) is 5.33. The van der Waals surface area contributed by atoms with Gasteiger partial charge in [0.15, 0.2) is 5.03 Å². The van der Waals surface area contributed by atoms with Gasteiger partial charge in [0.05, 0.1) is 11.2 Å². The van der Waals surface area contributed by atoms with Gasteiger partial charge in [-0.15, -0.1) is 0 Å². The number of hydrogen-bond donors (Lipinski definition) is 0. The van der Waals surface area contributed by atoms with E-state index in [1.807, 2.05) is 13.0 Å². The van der Waals surface area contributed by atoms with E-state index in [2.05, 4.69) is 4.98 Å². The minimum atomic E-state index is -3.73. The van der Waals surface area contributed by atoms with Crippen LogP contribution in [0.1, 0.15) is 17.5 Å². The largest absolute Gasteiger partial charge is 0.339 e. The van der Waals surface area contributed by atoms with Crippen LogP contribution in [0.3, 0.4) is 0 Å². The topological polar surface area (TPSA) is 92.6 Å². The summed E-state index contributed by atoms with van der Waals surface area (Å²) < 4.78 is 56.0. The van der Waals surface area contributed by atoms with E-state index in [0.29, 0.717) is 12.0 Å². The van der Waals surface area contributed by atoms with Gasteiger partial charge in [0.1, 0.15) is 0 Å². The summed E-state index contributed by atoms with van der Waals surface area (Å²) in [4.78, 5) is 4.21. The summed E-state index contributed by atoms with van der Waals surface area (Å²) in [5, 5.41) is -0.0177. The lowest BCUT2D eigenvalue weighted by atomic mass is 10.2. The standard InChI is InChI=1S/C17H24N4O4S2/c1-14-5-6-15(2)16(11-14)26(22,23)20-7-4-8-21(10-9-20)27(24,25)17-12-19(3)13-18-17/h5-6,11-13H,4,7-10H2,1-3H3. The van der Waals surface area contributed by atoms with Crippen molar-refractivity contribution in [2.45, 2.75) is 30.2 Å². The minimum absolute atomic E-state index is 0.0177. The van der Waals surface area contributed by atoms with Crippen molar-refractivity contribution < 1.29 is 16.8 Å². The van der Waals surface area contributed by atoms with Gasteiger partial charge in [0, 0.05) is 39.4 Å². The van der Waals surface area contributed by atoms with Gasteiger partial charge in [0.2, 0.25) is 10.0 Å². The van der Waals surface area contributed by atoms with Crippen LogP contribution in [0.2, 0.25) is 0 Å². The zero-order valence-corrected chi connectivity index (χ0v) is 17.3. The molecule has 1 fully saturated rings. The molecule has 2 aromatic rings. The number of imidazole rings is 1. The van der Waals surface area contributed by atoms with Gasteiger partial charge in [-0.25, -0.2) is 21.8 Å². The number of aromatic nitrogens is 2. The lowest BCUT2D eigenvalue weighted by Crippen LogP contribution is -2.37. The first-order valence-electron chi connectivity index (χ1n) is 8.68. The number of hydrogen-bond acceptors (Lipinski definition) is 5. The number of benzene rings is 1. The zero-order valence-electron chi connectivity index (χ0n) is 15.7. The number of nitrogens with zero attached hydrogens (tertiary/aromatic N) is 4. The molecule has 1 aromatic heterocycles. The third-order valence-electron chi connectivity index (χ3n) is 4.66. The number of aryl methyl sites for hydroxylation is 3. The molecule has 0 N–H and O–H groups in total. The Balaban J connectivity index is 1.83. The molecular weight excluding hydrogens is 388 g/mol. The van der Waals surface area contributed by atoms with Gasteiger partial charge < -0.3 is 4.57 Å². The summed E-state index contributed by atoms with van der Waals surface area (Å²) in [6.07, 6.45) is 3.31. The molecule has 148 valence electrons. The van der Waals surface area contributed by atoms with Crippen molar-refractivity contribution in [2.24, 2.45) is 7.05 Å². The molecule has 1 saturated heterocycles. The van der Waals surface area contributed by atoms with Crippen molar-refractivity contribution in [3.63, 3.8) is 0 Å². The fourth-order valence-corrected chi connectivity index (χ4v) is 6.34. The average molecular weight is 413 g/mol. The maximum atomic E-state index is 13.1. The summed E-state index contributed by atoms with van der Waals surface area (Å²) in [5.41, 5.74) is 1.55. The van der Waals surface area contributed by atoms with Crippen LogP contribution in [-0.2, 0) is 27.1 Å². The van der Waals surface area contributed by atoms with Gasteiger partial charge in [-0.1, -0.05) is 12.1 Å². The number of sulfonamides is 2. The van der Waals surface area contributed by atoms with Crippen molar-refractivity contribution in [1.29, 1.82) is 0 Å².